The third-order valence-electron chi connectivity index (χ3n) is 3.95. The highest BCUT2D eigenvalue weighted by molar-refractivity contribution is 6.30. The molecule has 0 unspecified atom stereocenters. The minimum atomic E-state index is -0.498. The number of hydrogen-bond donors (Lipinski definition) is 1. The predicted octanol–water partition coefficient (Wildman–Crippen LogP) is 4.80. The van der Waals surface area contributed by atoms with E-state index in [-0.39, 0.29) is 12.1 Å². The van der Waals surface area contributed by atoms with E-state index in [9.17, 15) is 4.79 Å². The van der Waals surface area contributed by atoms with Crippen LogP contribution in [0.15, 0.2) is 30.5 Å². The second-order valence-electron chi connectivity index (χ2n) is 7.02. The maximum absolute atomic E-state index is 12.4. The molecule has 6 heteroatoms. The van der Waals surface area contributed by atoms with Crippen LogP contribution in [0.3, 0.4) is 0 Å². The van der Waals surface area contributed by atoms with Crippen LogP contribution in [0.5, 0.6) is 0 Å². The topological polar surface area (TPSA) is 58.2 Å². The van der Waals surface area contributed by atoms with Gasteiger partial charge in [0, 0.05) is 11.6 Å². The van der Waals surface area contributed by atoms with Crippen molar-refractivity contribution in [3.63, 3.8) is 0 Å². The van der Waals surface area contributed by atoms with Crippen molar-refractivity contribution in [1.29, 1.82) is 0 Å². The molecule has 2 aromatic rings. The Morgan fingerprint density at radius 3 is 2.71 bits per heavy atom. The van der Waals surface area contributed by atoms with Gasteiger partial charge in [-0.05, 0) is 51.3 Å². The molecule has 1 amide bonds. The molecular weight excluding hydrogens is 326 g/mol. The fourth-order valence-electron chi connectivity index (χ4n) is 2.87. The summed E-state index contributed by atoms with van der Waals surface area (Å²) in [5.74, 6) is 0.795. The molecule has 0 bridgehead atoms. The minimum Gasteiger partial charge on any atom is -0.444 e. The highest BCUT2D eigenvalue weighted by atomic mass is 35.5. The Hall–Kier alpha value is -2.01. The number of imidazole rings is 1. The first-order valence-electron chi connectivity index (χ1n) is 8.14. The summed E-state index contributed by atoms with van der Waals surface area (Å²) < 4.78 is 5.51. The van der Waals surface area contributed by atoms with Crippen LogP contribution < -0.4 is 0 Å². The third kappa shape index (κ3) is 3.73. The number of carbonyl (C=O) groups is 1. The molecule has 1 aliphatic heterocycles. The quantitative estimate of drug-likeness (QED) is 0.848. The van der Waals surface area contributed by atoms with Crippen molar-refractivity contribution in [2.24, 2.45) is 0 Å². The zero-order valence-corrected chi connectivity index (χ0v) is 14.9. The van der Waals surface area contributed by atoms with Crippen molar-refractivity contribution in [3.8, 4) is 11.3 Å². The van der Waals surface area contributed by atoms with Crippen LogP contribution >= 0.6 is 11.6 Å². The summed E-state index contributed by atoms with van der Waals surface area (Å²) in [7, 11) is 0. The number of hydrogen-bond acceptors (Lipinski definition) is 3. The molecule has 1 saturated heterocycles. The van der Waals surface area contributed by atoms with Crippen molar-refractivity contribution >= 4 is 17.7 Å². The number of H-pyrrole nitrogens is 1. The van der Waals surface area contributed by atoms with Crippen molar-refractivity contribution in [2.45, 2.75) is 45.3 Å². The van der Waals surface area contributed by atoms with Crippen LogP contribution in [0.2, 0.25) is 5.02 Å². The molecule has 5 nitrogen and oxygen atoms in total. The second-order valence-corrected chi connectivity index (χ2v) is 7.46. The Bertz CT molecular complexity index is 719. The first kappa shape index (κ1) is 16.8. The van der Waals surface area contributed by atoms with E-state index in [0.717, 1.165) is 29.9 Å². The van der Waals surface area contributed by atoms with Gasteiger partial charge in [-0.15, -0.1) is 0 Å². The molecule has 1 aliphatic rings. The Morgan fingerprint density at radius 2 is 2.04 bits per heavy atom. The number of benzene rings is 1. The van der Waals surface area contributed by atoms with E-state index < -0.39 is 5.60 Å². The molecule has 2 heterocycles. The fraction of sp³-hybridized carbons (Fsp3) is 0.444. The summed E-state index contributed by atoms with van der Waals surface area (Å²) in [6.07, 6.45) is 3.34. The van der Waals surface area contributed by atoms with Crippen LogP contribution in [-0.2, 0) is 4.74 Å². The molecule has 0 spiro atoms. The Balaban J connectivity index is 1.78. The van der Waals surface area contributed by atoms with Crippen molar-refractivity contribution in [2.75, 3.05) is 6.54 Å². The Labute approximate surface area is 147 Å². The van der Waals surface area contributed by atoms with Gasteiger partial charge in [0.25, 0.3) is 0 Å². The van der Waals surface area contributed by atoms with Gasteiger partial charge >= 0.3 is 6.09 Å². The molecule has 1 aromatic carbocycles. The largest absolute Gasteiger partial charge is 0.444 e. The highest BCUT2D eigenvalue weighted by Gasteiger charge is 2.34. The maximum Gasteiger partial charge on any atom is 0.410 e. The molecule has 24 heavy (non-hydrogen) atoms. The molecule has 1 aromatic heterocycles. The molecule has 0 radical (unpaired) electrons. The summed E-state index contributed by atoms with van der Waals surface area (Å²) in [6.45, 7) is 6.32. The van der Waals surface area contributed by atoms with E-state index in [2.05, 4.69) is 9.97 Å². The lowest BCUT2D eigenvalue weighted by molar-refractivity contribution is 0.0219. The highest BCUT2D eigenvalue weighted by Crippen LogP contribution is 2.32. The van der Waals surface area contributed by atoms with Crippen LogP contribution in [-0.4, -0.2) is 33.1 Å². The number of ether oxygens (including phenoxy) is 1. The predicted molar refractivity (Wildman–Crippen MR) is 93.9 cm³/mol. The monoisotopic (exact) mass is 347 g/mol. The molecule has 3 rings (SSSR count). The second kappa shape index (κ2) is 6.48. The summed E-state index contributed by atoms with van der Waals surface area (Å²) in [6, 6.07) is 7.51. The summed E-state index contributed by atoms with van der Waals surface area (Å²) in [5.41, 5.74) is 1.43. The fourth-order valence-corrected chi connectivity index (χ4v) is 3.00. The van der Waals surface area contributed by atoms with E-state index in [0.29, 0.717) is 11.6 Å². The molecule has 128 valence electrons. The van der Waals surface area contributed by atoms with Gasteiger partial charge in [0.05, 0.1) is 17.9 Å². The zero-order valence-electron chi connectivity index (χ0n) is 14.2. The molecule has 0 aliphatic carbocycles. The maximum atomic E-state index is 12.4. The van der Waals surface area contributed by atoms with Gasteiger partial charge in [-0.2, -0.15) is 0 Å². The zero-order chi connectivity index (χ0) is 17.3. The van der Waals surface area contributed by atoms with Crippen LogP contribution in [0.4, 0.5) is 4.79 Å². The number of aromatic nitrogens is 2. The number of amides is 1. The summed E-state index contributed by atoms with van der Waals surface area (Å²) in [5, 5.41) is 0.699. The Kier molecular flexibility index (Phi) is 4.54. The van der Waals surface area contributed by atoms with Crippen molar-refractivity contribution in [3.05, 3.63) is 41.3 Å². The minimum absolute atomic E-state index is 0.0686. The molecular formula is C18H22ClN3O2. The lowest BCUT2D eigenvalue weighted by Gasteiger charge is -2.27. The van der Waals surface area contributed by atoms with Gasteiger partial charge in [0.1, 0.15) is 11.4 Å². The molecule has 1 atom stereocenters. The lowest BCUT2D eigenvalue weighted by atomic mass is 10.2. The summed E-state index contributed by atoms with van der Waals surface area (Å²) in [4.78, 5) is 22.0. The molecule has 1 N–H and O–H groups in total. The smallest absolute Gasteiger partial charge is 0.410 e. The van der Waals surface area contributed by atoms with E-state index in [1.54, 1.807) is 11.1 Å². The van der Waals surface area contributed by atoms with Gasteiger partial charge in [-0.3, -0.25) is 4.90 Å². The van der Waals surface area contributed by atoms with Gasteiger partial charge in [0.15, 0.2) is 0 Å². The number of nitrogens with zero attached hydrogens (tertiary/aromatic N) is 2. The number of rotatable bonds is 2. The SMILES string of the molecule is CC(C)(C)OC(=O)N1CCC[C@H]1c1ncc(-c2ccc(Cl)cc2)[nH]1. The summed E-state index contributed by atoms with van der Waals surface area (Å²) >= 11 is 5.93. The number of likely N-dealkylation sites (tertiary alicyclic amines) is 1. The molecule has 0 saturated carbocycles. The van der Waals surface area contributed by atoms with Crippen LogP contribution in [0.25, 0.3) is 11.3 Å². The average molecular weight is 348 g/mol. The number of nitrogens with one attached hydrogen (secondary N) is 1. The number of carbonyl (C=O) groups excluding carboxylic acids is 1. The van der Waals surface area contributed by atoms with Gasteiger partial charge in [0.2, 0.25) is 0 Å². The lowest BCUT2D eigenvalue weighted by Crippen LogP contribution is -2.36. The van der Waals surface area contributed by atoms with Gasteiger partial charge < -0.3 is 9.72 Å². The van der Waals surface area contributed by atoms with Crippen molar-refractivity contribution < 1.29 is 9.53 Å². The first-order chi connectivity index (χ1) is 11.3. The van der Waals surface area contributed by atoms with E-state index in [1.165, 1.54) is 0 Å². The van der Waals surface area contributed by atoms with Crippen LogP contribution in [0, 0.1) is 0 Å². The van der Waals surface area contributed by atoms with Gasteiger partial charge in [-0.25, -0.2) is 9.78 Å². The average Bonchev–Trinajstić information content (AvgIpc) is 3.15. The van der Waals surface area contributed by atoms with E-state index in [1.807, 2.05) is 45.0 Å². The van der Waals surface area contributed by atoms with E-state index in [4.69, 9.17) is 16.3 Å². The van der Waals surface area contributed by atoms with Crippen molar-refractivity contribution in [1.82, 2.24) is 14.9 Å². The molecule has 1 fully saturated rings. The standard InChI is InChI=1S/C18H22ClN3O2/c1-18(2,3)24-17(23)22-10-4-5-15(22)16-20-11-14(21-16)12-6-8-13(19)9-7-12/h6-9,11,15H,4-5,10H2,1-3H3,(H,20,21)/t15-/m0/s1. The van der Waals surface area contributed by atoms with Gasteiger partial charge in [-0.1, -0.05) is 23.7 Å². The van der Waals surface area contributed by atoms with E-state index >= 15 is 0 Å². The third-order valence-corrected chi connectivity index (χ3v) is 4.20. The number of aromatic amines is 1. The Morgan fingerprint density at radius 1 is 1.33 bits per heavy atom. The number of halogens is 1. The normalized spacial score (nSPS) is 18.0. The van der Waals surface area contributed by atoms with Crippen LogP contribution in [0.1, 0.15) is 45.5 Å². The first-order valence-corrected chi connectivity index (χ1v) is 8.52.